The van der Waals surface area contributed by atoms with Crippen molar-refractivity contribution < 1.29 is 19.3 Å². The fourth-order valence-corrected chi connectivity index (χ4v) is 4.58. The predicted octanol–water partition coefficient (Wildman–Crippen LogP) is 5.78. The first-order chi connectivity index (χ1) is 17.7. The summed E-state index contributed by atoms with van der Waals surface area (Å²) in [6.45, 7) is 10.7. The molecule has 1 aliphatic rings. The zero-order valence-corrected chi connectivity index (χ0v) is 22.9. The van der Waals surface area contributed by atoms with Crippen molar-refractivity contribution in [3.63, 3.8) is 0 Å². The second-order valence-corrected chi connectivity index (χ2v) is 11.0. The molecule has 2 aromatic carbocycles. The first-order valence-corrected chi connectivity index (χ1v) is 13.3. The molecule has 4 rings (SSSR count). The molecule has 2 heterocycles. The molecular weight excluding hydrogens is 490 g/mol. The molecule has 0 radical (unpaired) electrons. The summed E-state index contributed by atoms with van der Waals surface area (Å²) in [6.07, 6.45) is 1.56. The number of ether oxygens (including phenoxy) is 3. The Morgan fingerprint density at radius 2 is 1.89 bits per heavy atom. The monoisotopic (exact) mass is 527 g/mol. The molecular formula is C29H38ClN3O4. The van der Waals surface area contributed by atoms with Gasteiger partial charge in [-0.15, -0.1) is 0 Å². The lowest BCUT2D eigenvalue weighted by molar-refractivity contribution is -0.0594. The van der Waals surface area contributed by atoms with Crippen LogP contribution in [0.25, 0.3) is 5.69 Å². The van der Waals surface area contributed by atoms with Crippen LogP contribution in [0.3, 0.4) is 0 Å². The van der Waals surface area contributed by atoms with Crippen LogP contribution in [0.2, 0.25) is 5.02 Å². The molecule has 2 atom stereocenters. The van der Waals surface area contributed by atoms with Gasteiger partial charge in [-0.25, -0.2) is 4.68 Å². The number of aromatic nitrogens is 2. The zero-order chi connectivity index (χ0) is 26.4. The molecule has 8 heteroatoms. The predicted molar refractivity (Wildman–Crippen MR) is 146 cm³/mol. The van der Waals surface area contributed by atoms with Crippen LogP contribution in [0.15, 0.2) is 54.6 Å². The maximum Gasteiger partial charge on any atom is 0.227 e. The molecule has 1 N–H and O–H groups in total. The van der Waals surface area contributed by atoms with Gasteiger partial charge in [-0.3, -0.25) is 4.90 Å². The summed E-state index contributed by atoms with van der Waals surface area (Å²) in [6, 6.07) is 17.3. The number of aliphatic hydroxyl groups is 1. The lowest BCUT2D eigenvalue weighted by Crippen LogP contribution is -2.40. The van der Waals surface area contributed by atoms with E-state index in [0.717, 1.165) is 36.4 Å². The van der Waals surface area contributed by atoms with E-state index in [-0.39, 0.29) is 18.3 Å². The van der Waals surface area contributed by atoms with Gasteiger partial charge in [0.15, 0.2) is 0 Å². The Balaban J connectivity index is 1.65. The number of nitrogens with zero attached hydrogens (tertiary/aromatic N) is 3. The van der Waals surface area contributed by atoms with Crippen LogP contribution in [0, 0.1) is 6.92 Å². The Kier molecular flexibility index (Phi) is 9.27. The van der Waals surface area contributed by atoms with E-state index in [1.165, 1.54) is 0 Å². The Labute approximate surface area is 224 Å². The van der Waals surface area contributed by atoms with Gasteiger partial charge in [0.1, 0.15) is 5.75 Å². The van der Waals surface area contributed by atoms with E-state index < -0.39 is 6.10 Å². The first-order valence-electron chi connectivity index (χ1n) is 12.9. The summed E-state index contributed by atoms with van der Waals surface area (Å²) < 4.78 is 20.0. The highest BCUT2D eigenvalue weighted by molar-refractivity contribution is 6.32. The smallest absolute Gasteiger partial charge is 0.227 e. The Bertz CT molecular complexity index is 1140. The number of para-hydroxylation sites is 2. The first kappa shape index (κ1) is 27.6. The van der Waals surface area contributed by atoms with Gasteiger partial charge in [0.25, 0.3) is 0 Å². The van der Waals surface area contributed by atoms with E-state index in [9.17, 15) is 5.11 Å². The number of aryl methyl sites for hydroxylation is 1. The molecule has 1 aromatic heterocycles. The van der Waals surface area contributed by atoms with E-state index >= 15 is 0 Å². The summed E-state index contributed by atoms with van der Waals surface area (Å²) >= 11 is 6.46. The van der Waals surface area contributed by atoms with Crippen LogP contribution in [0.1, 0.15) is 44.9 Å². The third-order valence-electron chi connectivity index (χ3n) is 6.23. The van der Waals surface area contributed by atoms with E-state index in [0.29, 0.717) is 36.3 Å². The minimum absolute atomic E-state index is 0.133. The van der Waals surface area contributed by atoms with E-state index in [1.54, 1.807) is 0 Å². The molecule has 0 spiro atoms. The average Bonchev–Trinajstić information content (AvgIpc) is 3.48. The number of hydrogen-bond acceptors (Lipinski definition) is 6. The molecule has 0 bridgehead atoms. The molecule has 1 aliphatic heterocycles. The molecule has 200 valence electrons. The van der Waals surface area contributed by atoms with Crippen LogP contribution >= 0.6 is 11.6 Å². The third-order valence-corrected chi connectivity index (χ3v) is 6.54. The average molecular weight is 528 g/mol. The molecule has 0 saturated carbocycles. The quantitative estimate of drug-likeness (QED) is 0.341. The van der Waals surface area contributed by atoms with Crippen LogP contribution in [-0.4, -0.2) is 63.9 Å². The largest absolute Gasteiger partial charge is 0.437 e. The summed E-state index contributed by atoms with van der Waals surface area (Å²) in [7, 11) is 0. The molecule has 0 aliphatic carbocycles. The van der Waals surface area contributed by atoms with E-state index in [1.807, 2.05) is 87.0 Å². The van der Waals surface area contributed by atoms with Gasteiger partial charge in [0.05, 0.1) is 46.4 Å². The Morgan fingerprint density at radius 3 is 2.57 bits per heavy atom. The SMILES string of the molecule is Cc1nn(-c2ccccc2)c(Oc2ccccc2Cl)c1CN(C[C@@H](O)COC(C)(C)C)C[C@H]1CCCO1. The zero-order valence-electron chi connectivity index (χ0n) is 22.2. The van der Waals surface area contributed by atoms with E-state index in [4.69, 9.17) is 30.9 Å². The van der Waals surface area contributed by atoms with Crippen molar-refractivity contribution in [1.82, 2.24) is 14.7 Å². The molecule has 7 nitrogen and oxygen atoms in total. The number of aliphatic hydroxyl groups excluding tert-OH is 1. The Hall–Kier alpha value is -2.42. The number of benzene rings is 2. The number of hydrogen-bond donors (Lipinski definition) is 1. The summed E-state index contributed by atoms with van der Waals surface area (Å²) in [5.74, 6) is 1.17. The fourth-order valence-electron chi connectivity index (χ4n) is 4.40. The normalized spacial score (nSPS) is 16.9. The topological polar surface area (TPSA) is 69.0 Å². The van der Waals surface area contributed by atoms with Crippen LogP contribution in [-0.2, 0) is 16.0 Å². The summed E-state index contributed by atoms with van der Waals surface area (Å²) in [5, 5.41) is 16.2. The molecule has 1 fully saturated rings. The van der Waals surface area contributed by atoms with Crippen LogP contribution in [0.5, 0.6) is 11.6 Å². The lowest BCUT2D eigenvalue weighted by atomic mass is 10.1. The van der Waals surface area contributed by atoms with Crippen molar-refractivity contribution in [2.24, 2.45) is 0 Å². The van der Waals surface area contributed by atoms with Crippen molar-refractivity contribution in [3.8, 4) is 17.3 Å². The fraction of sp³-hybridized carbons (Fsp3) is 0.483. The molecule has 37 heavy (non-hydrogen) atoms. The van der Waals surface area contributed by atoms with Gasteiger partial charge in [0, 0.05) is 26.2 Å². The number of halogens is 1. The summed E-state index contributed by atoms with van der Waals surface area (Å²) in [4.78, 5) is 2.21. The standard InChI is InChI=1S/C29H38ClN3O4/c1-21-25(19-32(18-24-13-10-16-35-24)17-23(34)20-36-29(2,3)4)28(37-27-15-9-8-14-26(27)30)33(31-21)22-11-6-5-7-12-22/h5-9,11-12,14-15,23-24,34H,10,13,16-20H2,1-4H3/t23-,24-/m1/s1. The number of rotatable bonds is 11. The van der Waals surface area contributed by atoms with Gasteiger partial charge in [-0.1, -0.05) is 41.9 Å². The van der Waals surface area contributed by atoms with Crippen molar-refractivity contribution in [1.29, 1.82) is 0 Å². The van der Waals surface area contributed by atoms with Crippen molar-refractivity contribution >= 4 is 11.6 Å². The minimum atomic E-state index is -0.641. The lowest BCUT2D eigenvalue weighted by Gasteiger charge is -2.29. The molecule has 3 aromatic rings. The van der Waals surface area contributed by atoms with E-state index in [2.05, 4.69) is 4.90 Å². The maximum atomic E-state index is 10.9. The van der Waals surface area contributed by atoms with Gasteiger partial charge in [0.2, 0.25) is 5.88 Å². The molecule has 0 unspecified atom stereocenters. The van der Waals surface area contributed by atoms with Crippen molar-refractivity contribution in [3.05, 3.63) is 70.9 Å². The Morgan fingerprint density at radius 1 is 1.16 bits per heavy atom. The molecule has 0 amide bonds. The second kappa shape index (κ2) is 12.4. The van der Waals surface area contributed by atoms with Gasteiger partial charge < -0.3 is 19.3 Å². The van der Waals surface area contributed by atoms with Gasteiger partial charge >= 0.3 is 0 Å². The minimum Gasteiger partial charge on any atom is -0.437 e. The highest BCUT2D eigenvalue weighted by Gasteiger charge is 2.26. The van der Waals surface area contributed by atoms with Crippen LogP contribution < -0.4 is 4.74 Å². The maximum absolute atomic E-state index is 10.9. The van der Waals surface area contributed by atoms with Crippen LogP contribution in [0.4, 0.5) is 0 Å². The second-order valence-electron chi connectivity index (χ2n) is 10.6. The highest BCUT2D eigenvalue weighted by Crippen LogP contribution is 2.35. The summed E-state index contributed by atoms with van der Waals surface area (Å²) in [5.41, 5.74) is 2.36. The van der Waals surface area contributed by atoms with Gasteiger partial charge in [-0.2, -0.15) is 5.10 Å². The van der Waals surface area contributed by atoms with Gasteiger partial charge in [-0.05, 0) is 64.8 Å². The molecule has 1 saturated heterocycles. The van der Waals surface area contributed by atoms with Crippen molar-refractivity contribution in [2.75, 3.05) is 26.3 Å². The highest BCUT2D eigenvalue weighted by atomic mass is 35.5. The third kappa shape index (κ3) is 7.79. The van der Waals surface area contributed by atoms with Crippen molar-refractivity contribution in [2.45, 2.75) is 64.9 Å².